The van der Waals surface area contributed by atoms with Crippen LogP contribution < -0.4 is 0 Å². The minimum atomic E-state index is -0.356. The summed E-state index contributed by atoms with van der Waals surface area (Å²) in [5.41, 5.74) is 0.976. The number of morpholine rings is 1. The lowest BCUT2D eigenvalue weighted by molar-refractivity contribution is -0.144. The first-order valence-corrected chi connectivity index (χ1v) is 8.89. The van der Waals surface area contributed by atoms with Gasteiger partial charge in [-0.2, -0.15) is 0 Å². The second kappa shape index (κ2) is 7.66. The van der Waals surface area contributed by atoms with E-state index in [0.717, 1.165) is 5.56 Å². The van der Waals surface area contributed by atoms with Crippen molar-refractivity contribution < 1.29 is 14.3 Å². The van der Waals surface area contributed by atoms with Crippen LogP contribution in [0.1, 0.15) is 5.56 Å². The van der Waals surface area contributed by atoms with Crippen LogP contribution in [0.5, 0.6) is 0 Å². The predicted octanol–water partition coefficient (Wildman–Crippen LogP) is 1.46. The van der Waals surface area contributed by atoms with E-state index in [1.165, 1.54) is 0 Å². The Bertz CT molecular complexity index is 585. The average Bonchev–Trinajstić information content (AvgIpc) is 3.10. The second-order valence-corrected chi connectivity index (χ2v) is 6.51. The van der Waals surface area contributed by atoms with E-state index in [9.17, 15) is 9.59 Å². The molecule has 2 fully saturated rings. The van der Waals surface area contributed by atoms with E-state index in [2.05, 4.69) is 0 Å². The Morgan fingerprint density at radius 2 is 1.91 bits per heavy atom. The number of carbonyl (C=O) groups excluding carboxylic acids is 2. The van der Waals surface area contributed by atoms with Gasteiger partial charge in [-0.05, 0) is 11.6 Å². The van der Waals surface area contributed by atoms with Crippen molar-refractivity contribution in [3.05, 3.63) is 42.0 Å². The van der Waals surface area contributed by atoms with E-state index in [1.807, 2.05) is 30.3 Å². The topological polar surface area (TPSA) is 49.9 Å². The van der Waals surface area contributed by atoms with E-state index in [0.29, 0.717) is 37.9 Å². The summed E-state index contributed by atoms with van der Waals surface area (Å²) in [5.74, 6) is 1.17. The molecule has 2 aliphatic heterocycles. The normalized spacial score (nSPS) is 21.8. The highest BCUT2D eigenvalue weighted by Gasteiger charge is 2.36. The Labute approximate surface area is 140 Å². The molecule has 2 heterocycles. The number of benzene rings is 1. The van der Waals surface area contributed by atoms with Crippen molar-refractivity contribution in [1.29, 1.82) is 0 Å². The molecule has 0 N–H and O–H groups in total. The summed E-state index contributed by atoms with van der Waals surface area (Å²) in [5, 5.41) is 0. The van der Waals surface area contributed by atoms with Crippen molar-refractivity contribution in [2.45, 2.75) is 6.04 Å². The van der Waals surface area contributed by atoms with Gasteiger partial charge in [0, 0.05) is 24.9 Å². The minimum absolute atomic E-state index is 0.0414. The SMILES string of the molecule is O=C(C1CSCN1C(=O)/C=C/c1ccccc1)N1CCOCC1. The van der Waals surface area contributed by atoms with Gasteiger partial charge in [0.2, 0.25) is 11.8 Å². The molecule has 2 amide bonds. The van der Waals surface area contributed by atoms with Crippen molar-refractivity contribution >= 4 is 29.7 Å². The van der Waals surface area contributed by atoms with Crippen LogP contribution in [-0.2, 0) is 14.3 Å². The van der Waals surface area contributed by atoms with Crippen molar-refractivity contribution in [2.24, 2.45) is 0 Å². The standard InChI is InChI=1S/C17H20N2O3S/c20-16(7-6-14-4-2-1-3-5-14)19-13-23-12-15(19)17(21)18-8-10-22-11-9-18/h1-7,15H,8-13H2/b7-6+. The van der Waals surface area contributed by atoms with Gasteiger partial charge < -0.3 is 14.5 Å². The Hall–Kier alpha value is -1.79. The van der Waals surface area contributed by atoms with Crippen LogP contribution in [-0.4, -0.2) is 65.6 Å². The molecule has 23 heavy (non-hydrogen) atoms. The van der Waals surface area contributed by atoms with Crippen LogP contribution in [0.3, 0.4) is 0 Å². The monoisotopic (exact) mass is 332 g/mol. The van der Waals surface area contributed by atoms with Gasteiger partial charge in [-0.25, -0.2) is 0 Å². The molecule has 0 aromatic heterocycles. The lowest BCUT2D eigenvalue weighted by Crippen LogP contribution is -2.51. The number of nitrogens with zero attached hydrogens (tertiary/aromatic N) is 2. The van der Waals surface area contributed by atoms with Crippen molar-refractivity contribution in [2.75, 3.05) is 37.9 Å². The number of rotatable bonds is 3. The number of thioether (sulfide) groups is 1. The highest BCUT2D eigenvalue weighted by atomic mass is 32.2. The molecule has 1 atom stereocenters. The molecule has 1 aromatic rings. The van der Waals surface area contributed by atoms with Gasteiger partial charge in [0.25, 0.3) is 0 Å². The number of hydrogen-bond donors (Lipinski definition) is 0. The maximum Gasteiger partial charge on any atom is 0.247 e. The summed E-state index contributed by atoms with van der Waals surface area (Å²) in [6.45, 7) is 2.38. The summed E-state index contributed by atoms with van der Waals surface area (Å²) in [4.78, 5) is 28.6. The van der Waals surface area contributed by atoms with Crippen molar-refractivity contribution in [3.8, 4) is 0 Å². The maximum absolute atomic E-state index is 12.6. The summed E-state index contributed by atoms with van der Waals surface area (Å²) in [6.07, 6.45) is 3.35. The van der Waals surface area contributed by atoms with Gasteiger partial charge in [0.1, 0.15) is 6.04 Å². The molecule has 0 bridgehead atoms. The van der Waals surface area contributed by atoms with E-state index in [4.69, 9.17) is 4.74 Å². The van der Waals surface area contributed by atoms with Crippen molar-refractivity contribution in [1.82, 2.24) is 9.80 Å². The quantitative estimate of drug-likeness (QED) is 0.787. The predicted molar refractivity (Wildman–Crippen MR) is 90.8 cm³/mol. The van der Waals surface area contributed by atoms with E-state index < -0.39 is 0 Å². The van der Waals surface area contributed by atoms with Crippen LogP contribution in [0.2, 0.25) is 0 Å². The van der Waals surface area contributed by atoms with Gasteiger partial charge in [-0.3, -0.25) is 9.59 Å². The zero-order valence-electron chi connectivity index (χ0n) is 12.9. The highest BCUT2D eigenvalue weighted by molar-refractivity contribution is 7.99. The van der Waals surface area contributed by atoms with Gasteiger partial charge in [0.15, 0.2) is 0 Å². The van der Waals surface area contributed by atoms with Crippen molar-refractivity contribution in [3.63, 3.8) is 0 Å². The minimum Gasteiger partial charge on any atom is -0.378 e. The van der Waals surface area contributed by atoms with Crippen LogP contribution >= 0.6 is 11.8 Å². The first-order chi connectivity index (χ1) is 11.3. The summed E-state index contributed by atoms with van der Waals surface area (Å²) in [7, 11) is 0. The summed E-state index contributed by atoms with van der Waals surface area (Å²) >= 11 is 1.63. The Balaban J connectivity index is 1.64. The first kappa shape index (κ1) is 16.1. The molecule has 0 aliphatic carbocycles. The molecule has 122 valence electrons. The third-order valence-corrected chi connectivity index (χ3v) is 5.00. The van der Waals surface area contributed by atoms with Crippen LogP contribution in [0.25, 0.3) is 6.08 Å². The molecule has 0 radical (unpaired) electrons. The van der Waals surface area contributed by atoms with E-state index in [-0.39, 0.29) is 17.9 Å². The lowest BCUT2D eigenvalue weighted by atomic mass is 10.2. The molecule has 2 saturated heterocycles. The molecule has 6 heteroatoms. The summed E-state index contributed by atoms with van der Waals surface area (Å²) in [6, 6.07) is 9.33. The number of ether oxygens (including phenoxy) is 1. The molecular weight excluding hydrogens is 312 g/mol. The average molecular weight is 332 g/mol. The largest absolute Gasteiger partial charge is 0.378 e. The molecular formula is C17H20N2O3S. The zero-order chi connectivity index (χ0) is 16.1. The smallest absolute Gasteiger partial charge is 0.247 e. The van der Waals surface area contributed by atoms with Gasteiger partial charge >= 0.3 is 0 Å². The lowest BCUT2D eigenvalue weighted by Gasteiger charge is -2.31. The zero-order valence-corrected chi connectivity index (χ0v) is 13.7. The molecule has 5 nitrogen and oxygen atoms in total. The van der Waals surface area contributed by atoms with E-state index in [1.54, 1.807) is 33.7 Å². The van der Waals surface area contributed by atoms with Gasteiger partial charge in [0.05, 0.1) is 19.1 Å². The Morgan fingerprint density at radius 3 is 2.65 bits per heavy atom. The fraction of sp³-hybridized carbons (Fsp3) is 0.412. The molecule has 0 spiro atoms. The van der Waals surface area contributed by atoms with Crippen LogP contribution in [0.4, 0.5) is 0 Å². The third kappa shape index (κ3) is 3.95. The van der Waals surface area contributed by atoms with Crippen LogP contribution in [0, 0.1) is 0 Å². The maximum atomic E-state index is 12.6. The highest BCUT2D eigenvalue weighted by Crippen LogP contribution is 2.23. The second-order valence-electron chi connectivity index (χ2n) is 5.51. The first-order valence-electron chi connectivity index (χ1n) is 7.74. The Morgan fingerprint density at radius 1 is 1.17 bits per heavy atom. The van der Waals surface area contributed by atoms with E-state index >= 15 is 0 Å². The van der Waals surface area contributed by atoms with Crippen LogP contribution in [0.15, 0.2) is 36.4 Å². The summed E-state index contributed by atoms with van der Waals surface area (Å²) < 4.78 is 5.28. The third-order valence-electron chi connectivity index (χ3n) is 3.99. The Kier molecular flexibility index (Phi) is 5.35. The van der Waals surface area contributed by atoms with Gasteiger partial charge in [-0.1, -0.05) is 30.3 Å². The molecule has 0 saturated carbocycles. The molecule has 3 rings (SSSR count). The fourth-order valence-corrected chi connectivity index (χ4v) is 3.84. The number of hydrogen-bond acceptors (Lipinski definition) is 4. The fourth-order valence-electron chi connectivity index (χ4n) is 2.69. The molecule has 2 aliphatic rings. The molecule has 1 unspecified atom stereocenters. The molecule has 1 aromatic carbocycles. The number of carbonyl (C=O) groups is 2. The number of amides is 2. The van der Waals surface area contributed by atoms with Gasteiger partial charge in [-0.15, -0.1) is 11.8 Å².